The Morgan fingerprint density at radius 2 is 2.00 bits per heavy atom. The predicted molar refractivity (Wildman–Crippen MR) is 106 cm³/mol. The minimum Gasteiger partial charge on any atom is -0.493 e. The average molecular weight is 380 g/mol. The summed E-state index contributed by atoms with van der Waals surface area (Å²) < 4.78 is 11.1. The zero-order chi connectivity index (χ0) is 19.0. The standard InChI is InChI=1S/C19H29N3O3S/c1-19(2,3)14-6-8-15(9-7-14)25-12-10-17(23)21-22-18(26)20-13-16-5-4-11-24-16/h6-9,16H,4-5,10-13H2,1-3H3,(H,21,23)(H2,20,22,26). The molecule has 7 heteroatoms. The van der Waals surface area contributed by atoms with Crippen LogP contribution in [0.5, 0.6) is 5.75 Å². The number of amides is 1. The van der Waals surface area contributed by atoms with Crippen molar-refractivity contribution >= 4 is 23.2 Å². The van der Waals surface area contributed by atoms with Gasteiger partial charge in [0.2, 0.25) is 5.91 Å². The predicted octanol–water partition coefficient (Wildman–Crippen LogP) is 2.43. The van der Waals surface area contributed by atoms with Crippen LogP contribution in [0.4, 0.5) is 0 Å². The fourth-order valence-corrected chi connectivity index (χ4v) is 2.69. The molecule has 2 rings (SSSR count). The van der Waals surface area contributed by atoms with Gasteiger partial charge in [-0.05, 0) is 48.2 Å². The van der Waals surface area contributed by atoms with Crippen LogP contribution in [-0.4, -0.2) is 36.9 Å². The van der Waals surface area contributed by atoms with Crippen LogP contribution in [0.3, 0.4) is 0 Å². The highest BCUT2D eigenvalue weighted by molar-refractivity contribution is 7.80. The first-order valence-electron chi connectivity index (χ1n) is 9.02. The fourth-order valence-electron chi connectivity index (χ4n) is 2.56. The van der Waals surface area contributed by atoms with Crippen molar-refractivity contribution in [2.75, 3.05) is 19.8 Å². The van der Waals surface area contributed by atoms with E-state index < -0.39 is 0 Å². The Kier molecular flexibility index (Phi) is 7.66. The molecule has 0 saturated carbocycles. The number of hydrogen-bond acceptors (Lipinski definition) is 4. The van der Waals surface area contributed by atoms with Gasteiger partial charge in [0.05, 0.1) is 19.1 Å². The number of hydrogen-bond donors (Lipinski definition) is 3. The second-order valence-electron chi connectivity index (χ2n) is 7.39. The second kappa shape index (κ2) is 9.73. The van der Waals surface area contributed by atoms with Crippen LogP contribution < -0.4 is 20.9 Å². The molecule has 0 spiro atoms. The maximum absolute atomic E-state index is 11.8. The zero-order valence-electron chi connectivity index (χ0n) is 15.8. The zero-order valence-corrected chi connectivity index (χ0v) is 16.6. The number of hydrazine groups is 1. The number of ether oxygens (including phenoxy) is 2. The first-order chi connectivity index (χ1) is 12.3. The summed E-state index contributed by atoms with van der Waals surface area (Å²) in [6, 6.07) is 7.96. The van der Waals surface area contributed by atoms with Gasteiger partial charge in [-0.1, -0.05) is 32.9 Å². The number of rotatable bonds is 6. The first-order valence-corrected chi connectivity index (χ1v) is 9.43. The Balaban J connectivity index is 1.58. The topological polar surface area (TPSA) is 71.6 Å². The van der Waals surface area contributed by atoms with Gasteiger partial charge in [0.25, 0.3) is 0 Å². The smallest absolute Gasteiger partial charge is 0.241 e. The van der Waals surface area contributed by atoms with Crippen molar-refractivity contribution in [1.82, 2.24) is 16.2 Å². The van der Waals surface area contributed by atoms with E-state index in [0.717, 1.165) is 25.2 Å². The van der Waals surface area contributed by atoms with Crippen molar-refractivity contribution in [3.8, 4) is 5.75 Å². The lowest BCUT2D eigenvalue weighted by Crippen LogP contribution is -2.48. The molecule has 0 aromatic heterocycles. The Labute approximate surface area is 161 Å². The molecule has 1 aliphatic rings. The molecule has 0 bridgehead atoms. The van der Waals surface area contributed by atoms with Gasteiger partial charge in [-0.2, -0.15) is 0 Å². The molecule has 26 heavy (non-hydrogen) atoms. The third kappa shape index (κ3) is 7.17. The van der Waals surface area contributed by atoms with E-state index in [0.29, 0.717) is 18.3 Å². The van der Waals surface area contributed by atoms with Crippen LogP contribution in [-0.2, 0) is 14.9 Å². The van der Waals surface area contributed by atoms with Gasteiger partial charge in [-0.15, -0.1) is 0 Å². The van der Waals surface area contributed by atoms with E-state index in [1.54, 1.807) is 0 Å². The number of thiocarbonyl (C=S) groups is 1. The molecule has 0 radical (unpaired) electrons. The van der Waals surface area contributed by atoms with E-state index in [9.17, 15) is 4.79 Å². The number of carbonyl (C=O) groups is 1. The van der Waals surface area contributed by atoms with Crippen molar-refractivity contribution < 1.29 is 14.3 Å². The van der Waals surface area contributed by atoms with Crippen LogP contribution in [0, 0.1) is 0 Å². The number of nitrogens with one attached hydrogen (secondary N) is 3. The molecule has 1 heterocycles. The number of carbonyl (C=O) groups excluding carboxylic acids is 1. The van der Waals surface area contributed by atoms with E-state index in [-0.39, 0.29) is 23.8 Å². The monoisotopic (exact) mass is 379 g/mol. The quantitative estimate of drug-likeness (QED) is 0.521. The molecule has 0 aliphatic carbocycles. The van der Waals surface area contributed by atoms with Crippen LogP contribution >= 0.6 is 12.2 Å². The lowest BCUT2D eigenvalue weighted by Gasteiger charge is -2.19. The van der Waals surface area contributed by atoms with Crippen molar-refractivity contribution in [2.45, 2.75) is 51.6 Å². The first kappa shape index (κ1) is 20.5. The minimum absolute atomic E-state index is 0.112. The van der Waals surface area contributed by atoms with Crippen molar-refractivity contribution in [3.63, 3.8) is 0 Å². The lowest BCUT2D eigenvalue weighted by atomic mass is 9.87. The minimum atomic E-state index is -0.183. The van der Waals surface area contributed by atoms with Crippen LogP contribution in [0.25, 0.3) is 0 Å². The van der Waals surface area contributed by atoms with E-state index >= 15 is 0 Å². The summed E-state index contributed by atoms with van der Waals surface area (Å²) in [7, 11) is 0. The van der Waals surface area contributed by atoms with Crippen molar-refractivity contribution in [1.29, 1.82) is 0 Å². The van der Waals surface area contributed by atoms with E-state index in [1.165, 1.54) is 5.56 Å². The molecule has 1 aromatic rings. The third-order valence-electron chi connectivity index (χ3n) is 4.15. The largest absolute Gasteiger partial charge is 0.493 e. The Morgan fingerprint density at radius 1 is 1.27 bits per heavy atom. The molecule has 1 atom stereocenters. The second-order valence-corrected chi connectivity index (χ2v) is 7.80. The summed E-state index contributed by atoms with van der Waals surface area (Å²) in [5.41, 5.74) is 6.61. The molecular weight excluding hydrogens is 350 g/mol. The van der Waals surface area contributed by atoms with Crippen molar-refractivity contribution in [2.24, 2.45) is 0 Å². The molecule has 3 N–H and O–H groups in total. The lowest BCUT2D eigenvalue weighted by molar-refractivity contribution is -0.122. The summed E-state index contributed by atoms with van der Waals surface area (Å²) in [5.74, 6) is 0.574. The molecular formula is C19H29N3O3S. The van der Waals surface area contributed by atoms with Gasteiger partial charge in [-0.3, -0.25) is 15.6 Å². The van der Waals surface area contributed by atoms with Gasteiger partial charge in [-0.25, -0.2) is 0 Å². The van der Waals surface area contributed by atoms with Gasteiger partial charge in [0.15, 0.2) is 5.11 Å². The summed E-state index contributed by atoms with van der Waals surface area (Å²) in [4.78, 5) is 11.8. The molecule has 144 valence electrons. The summed E-state index contributed by atoms with van der Waals surface area (Å²) in [5, 5.41) is 3.41. The molecule has 1 aliphatic heterocycles. The Bertz CT molecular complexity index is 593. The molecule has 6 nitrogen and oxygen atoms in total. The highest BCUT2D eigenvalue weighted by Crippen LogP contribution is 2.24. The maximum Gasteiger partial charge on any atom is 0.241 e. The fraction of sp³-hybridized carbons (Fsp3) is 0.579. The summed E-state index contributed by atoms with van der Waals surface area (Å²) in [6.45, 7) is 8.26. The molecule has 1 saturated heterocycles. The molecule has 1 unspecified atom stereocenters. The van der Waals surface area contributed by atoms with Crippen LogP contribution in [0.15, 0.2) is 24.3 Å². The van der Waals surface area contributed by atoms with Crippen molar-refractivity contribution in [3.05, 3.63) is 29.8 Å². The normalized spacial score (nSPS) is 16.8. The third-order valence-corrected chi connectivity index (χ3v) is 4.39. The van der Waals surface area contributed by atoms with E-state index in [2.05, 4.69) is 49.1 Å². The van der Waals surface area contributed by atoms with Gasteiger partial charge in [0, 0.05) is 13.2 Å². The molecule has 1 amide bonds. The Hall–Kier alpha value is -1.86. The molecule has 1 fully saturated rings. The van der Waals surface area contributed by atoms with E-state index in [4.69, 9.17) is 21.7 Å². The summed E-state index contributed by atoms with van der Waals surface area (Å²) >= 11 is 5.11. The highest BCUT2D eigenvalue weighted by Gasteiger charge is 2.15. The van der Waals surface area contributed by atoms with Crippen LogP contribution in [0.1, 0.15) is 45.6 Å². The van der Waals surface area contributed by atoms with E-state index in [1.807, 2.05) is 12.1 Å². The summed E-state index contributed by atoms with van der Waals surface area (Å²) in [6.07, 6.45) is 2.56. The average Bonchev–Trinajstić information content (AvgIpc) is 3.11. The molecule has 1 aromatic carbocycles. The van der Waals surface area contributed by atoms with Crippen LogP contribution in [0.2, 0.25) is 0 Å². The maximum atomic E-state index is 11.8. The number of benzene rings is 1. The van der Waals surface area contributed by atoms with Gasteiger partial charge >= 0.3 is 0 Å². The Morgan fingerprint density at radius 3 is 2.62 bits per heavy atom. The van der Waals surface area contributed by atoms with Gasteiger partial charge < -0.3 is 14.8 Å². The highest BCUT2D eigenvalue weighted by atomic mass is 32.1. The SMILES string of the molecule is CC(C)(C)c1ccc(OCCC(=O)NNC(=S)NCC2CCCO2)cc1. The van der Waals surface area contributed by atoms with Gasteiger partial charge in [0.1, 0.15) is 5.75 Å².